The van der Waals surface area contributed by atoms with E-state index in [2.05, 4.69) is 21.3 Å². The second-order valence-corrected chi connectivity index (χ2v) is 7.66. The summed E-state index contributed by atoms with van der Waals surface area (Å²) < 4.78 is 10.5. The minimum atomic E-state index is -0.814. The lowest BCUT2D eigenvalue weighted by Crippen LogP contribution is -2.47. The molecule has 3 rings (SSSR count). The predicted octanol–water partition coefficient (Wildman–Crippen LogP) is 2.42. The van der Waals surface area contributed by atoms with Gasteiger partial charge in [-0.2, -0.15) is 0 Å². The molecule has 10 heteroatoms. The molecule has 1 heterocycles. The summed E-state index contributed by atoms with van der Waals surface area (Å²) in [6.45, 7) is 3.30. The van der Waals surface area contributed by atoms with Crippen LogP contribution in [-0.2, 0) is 14.4 Å². The average molecular weight is 442 g/mol. The van der Waals surface area contributed by atoms with E-state index in [1.165, 1.54) is 0 Å². The van der Waals surface area contributed by atoms with Crippen molar-refractivity contribution < 1.29 is 23.6 Å². The standard InChI is InChI=1S/C21H22N4O5S/c1-13-9-18(25-30-13)22-19(26)11-31-12-20(27)23-24-21(28)14(2)29-17-8-7-15-5-3-4-6-16(15)10-17/h3-10,14H,11-12H2,1-2H3,(H,23,27)(H,24,28)(H,22,25,26). The molecule has 0 fully saturated rings. The lowest BCUT2D eigenvalue weighted by Gasteiger charge is -2.15. The molecule has 162 valence electrons. The summed E-state index contributed by atoms with van der Waals surface area (Å²) in [5, 5.41) is 8.28. The first kappa shape index (κ1) is 22.2. The van der Waals surface area contributed by atoms with Gasteiger partial charge in [0.25, 0.3) is 5.91 Å². The number of anilines is 1. The van der Waals surface area contributed by atoms with Gasteiger partial charge in [0.1, 0.15) is 11.5 Å². The highest BCUT2D eigenvalue weighted by Gasteiger charge is 2.16. The smallest absolute Gasteiger partial charge is 0.279 e. The van der Waals surface area contributed by atoms with Crippen LogP contribution in [0, 0.1) is 6.92 Å². The van der Waals surface area contributed by atoms with Gasteiger partial charge in [0, 0.05) is 6.07 Å². The fourth-order valence-electron chi connectivity index (χ4n) is 2.61. The van der Waals surface area contributed by atoms with Gasteiger partial charge in [-0.05, 0) is 36.8 Å². The molecule has 1 unspecified atom stereocenters. The van der Waals surface area contributed by atoms with Crippen molar-refractivity contribution in [2.45, 2.75) is 20.0 Å². The Labute approximate surface area is 182 Å². The van der Waals surface area contributed by atoms with E-state index in [4.69, 9.17) is 9.26 Å². The molecule has 1 atom stereocenters. The second-order valence-electron chi connectivity index (χ2n) is 6.67. The van der Waals surface area contributed by atoms with E-state index >= 15 is 0 Å². The minimum absolute atomic E-state index is 0.00848. The Morgan fingerprint density at radius 2 is 1.77 bits per heavy atom. The highest BCUT2D eigenvalue weighted by Crippen LogP contribution is 2.21. The summed E-state index contributed by atoms with van der Waals surface area (Å²) >= 11 is 1.09. The molecule has 0 radical (unpaired) electrons. The summed E-state index contributed by atoms with van der Waals surface area (Å²) in [7, 11) is 0. The van der Waals surface area contributed by atoms with Crippen molar-refractivity contribution >= 4 is 46.1 Å². The monoisotopic (exact) mass is 442 g/mol. The first-order valence-corrected chi connectivity index (χ1v) is 10.6. The van der Waals surface area contributed by atoms with E-state index in [0.29, 0.717) is 17.3 Å². The van der Waals surface area contributed by atoms with E-state index in [0.717, 1.165) is 22.5 Å². The van der Waals surface area contributed by atoms with Crippen LogP contribution in [0.4, 0.5) is 5.82 Å². The summed E-state index contributed by atoms with van der Waals surface area (Å²) in [4.78, 5) is 35.8. The number of rotatable bonds is 8. The van der Waals surface area contributed by atoms with E-state index < -0.39 is 17.9 Å². The fourth-order valence-corrected chi connectivity index (χ4v) is 3.23. The van der Waals surface area contributed by atoms with Gasteiger partial charge in [0.2, 0.25) is 11.8 Å². The van der Waals surface area contributed by atoms with Gasteiger partial charge < -0.3 is 14.6 Å². The Bertz CT molecular complexity index is 1080. The van der Waals surface area contributed by atoms with Crippen molar-refractivity contribution in [1.29, 1.82) is 0 Å². The molecule has 9 nitrogen and oxygen atoms in total. The largest absolute Gasteiger partial charge is 0.481 e. The number of carbonyl (C=O) groups excluding carboxylic acids is 3. The summed E-state index contributed by atoms with van der Waals surface area (Å²) in [6.07, 6.45) is -0.814. The Hall–Kier alpha value is -3.53. The fraction of sp³-hybridized carbons (Fsp3) is 0.238. The number of hydrogen-bond donors (Lipinski definition) is 3. The maximum absolute atomic E-state index is 12.2. The maximum atomic E-state index is 12.2. The predicted molar refractivity (Wildman–Crippen MR) is 118 cm³/mol. The van der Waals surface area contributed by atoms with Crippen LogP contribution in [0.5, 0.6) is 5.75 Å². The van der Waals surface area contributed by atoms with Crippen molar-refractivity contribution in [2.24, 2.45) is 0 Å². The number of ether oxygens (including phenoxy) is 1. The van der Waals surface area contributed by atoms with E-state index in [-0.39, 0.29) is 17.4 Å². The lowest BCUT2D eigenvalue weighted by atomic mass is 10.1. The number of thioether (sulfide) groups is 1. The molecule has 0 saturated carbocycles. The van der Waals surface area contributed by atoms with Crippen LogP contribution in [0.15, 0.2) is 53.1 Å². The van der Waals surface area contributed by atoms with Crippen LogP contribution in [0.3, 0.4) is 0 Å². The summed E-state index contributed by atoms with van der Waals surface area (Å²) in [5.74, 6) is 0.244. The number of hydrogen-bond acceptors (Lipinski definition) is 7. The van der Waals surface area contributed by atoms with Gasteiger partial charge in [-0.25, -0.2) is 0 Å². The number of nitrogens with one attached hydrogen (secondary N) is 3. The summed E-state index contributed by atoms with van der Waals surface area (Å²) in [5.41, 5.74) is 4.63. The van der Waals surface area contributed by atoms with Crippen LogP contribution in [0.25, 0.3) is 10.8 Å². The molecule has 2 aromatic carbocycles. The van der Waals surface area contributed by atoms with Crippen molar-refractivity contribution in [3.8, 4) is 5.75 Å². The topological polar surface area (TPSA) is 123 Å². The molecule has 31 heavy (non-hydrogen) atoms. The summed E-state index contributed by atoms with van der Waals surface area (Å²) in [6, 6.07) is 14.9. The third-order valence-corrected chi connectivity index (χ3v) is 5.02. The van der Waals surface area contributed by atoms with Crippen molar-refractivity contribution in [1.82, 2.24) is 16.0 Å². The Kier molecular flexibility index (Phi) is 7.50. The average Bonchev–Trinajstić information content (AvgIpc) is 3.16. The molecule has 0 saturated heterocycles. The van der Waals surface area contributed by atoms with Crippen LogP contribution in [0.1, 0.15) is 12.7 Å². The van der Waals surface area contributed by atoms with Crippen LogP contribution >= 0.6 is 11.8 Å². The normalized spacial score (nSPS) is 11.5. The number of fused-ring (bicyclic) bond motifs is 1. The maximum Gasteiger partial charge on any atom is 0.279 e. The van der Waals surface area contributed by atoms with Gasteiger partial charge in [0.05, 0.1) is 11.5 Å². The van der Waals surface area contributed by atoms with Gasteiger partial charge in [0.15, 0.2) is 11.9 Å². The Morgan fingerprint density at radius 3 is 2.52 bits per heavy atom. The van der Waals surface area contributed by atoms with Gasteiger partial charge in [-0.15, -0.1) is 11.8 Å². The molecular weight excluding hydrogens is 420 g/mol. The number of aromatic nitrogens is 1. The second kappa shape index (κ2) is 10.5. The number of carbonyl (C=O) groups is 3. The number of benzene rings is 2. The molecule has 3 amide bonds. The van der Waals surface area contributed by atoms with E-state index in [9.17, 15) is 14.4 Å². The van der Waals surface area contributed by atoms with Gasteiger partial charge in [-0.3, -0.25) is 25.2 Å². The van der Waals surface area contributed by atoms with Gasteiger partial charge in [-0.1, -0.05) is 35.5 Å². The molecule has 3 aromatic rings. The quantitative estimate of drug-likeness (QED) is 0.458. The highest BCUT2D eigenvalue weighted by molar-refractivity contribution is 8.00. The van der Waals surface area contributed by atoms with Crippen LogP contribution in [0.2, 0.25) is 0 Å². The minimum Gasteiger partial charge on any atom is -0.481 e. The highest BCUT2D eigenvalue weighted by atomic mass is 32.2. The van der Waals surface area contributed by atoms with Crippen molar-refractivity contribution in [2.75, 3.05) is 16.8 Å². The van der Waals surface area contributed by atoms with Crippen LogP contribution < -0.4 is 20.9 Å². The molecular formula is C21H22N4O5S. The van der Waals surface area contributed by atoms with E-state index in [1.54, 1.807) is 26.0 Å². The zero-order chi connectivity index (χ0) is 22.2. The molecule has 1 aromatic heterocycles. The third kappa shape index (κ3) is 6.75. The molecule has 0 aliphatic rings. The lowest BCUT2D eigenvalue weighted by molar-refractivity contribution is -0.131. The first-order valence-electron chi connectivity index (χ1n) is 9.46. The number of nitrogens with zero attached hydrogens (tertiary/aromatic N) is 1. The molecule has 0 aliphatic carbocycles. The van der Waals surface area contributed by atoms with Gasteiger partial charge >= 0.3 is 0 Å². The third-order valence-electron chi connectivity index (χ3n) is 4.09. The molecule has 3 N–H and O–H groups in total. The zero-order valence-corrected chi connectivity index (χ0v) is 17.8. The SMILES string of the molecule is Cc1cc(NC(=O)CSCC(=O)NNC(=O)C(C)Oc2ccc3ccccc3c2)no1. The molecule has 0 aliphatic heterocycles. The molecule has 0 spiro atoms. The number of hydrazine groups is 1. The Morgan fingerprint density at radius 1 is 1.03 bits per heavy atom. The van der Waals surface area contributed by atoms with Crippen LogP contribution in [-0.4, -0.2) is 40.5 Å². The van der Waals surface area contributed by atoms with Crippen molar-refractivity contribution in [3.63, 3.8) is 0 Å². The first-order chi connectivity index (χ1) is 14.9. The Balaban J connectivity index is 1.35. The zero-order valence-electron chi connectivity index (χ0n) is 17.0. The number of aryl methyl sites for hydroxylation is 1. The van der Waals surface area contributed by atoms with Crippen molar-refractivity contribution in [3.05, 3.63) is 54.3 Å². The van der Waals surface area contributed by atoms with E-state index in [1.807, 2.05) is 36.4 Å². The molecule has 0 bridgehead atoms. The number of amides is 3.